The molecule has 0 fully saturated rings. The number of rotatable bonds is 3. The predicted octanol–water partition coefficient (Wildman–Crippen LogP) is 5.37. The molecule has 182 valence electrons. The molecule has 2 atom stereocenters. The fourth-order valence-electron chi connectivity index (χ4n) is 4.87. The summed E-state index contributed by atoms with van der Waals surface area (Å²) in [7, 11) is 1.41. The quantitative estimate of drug-likeness (QED) is 0.379. The highest BCUT2D eigenvalue weighted by Crippen LogP contribution is 2.42. The number of nitrogens with one attached hydrogen (secondary N) is 2. The summed E-state index contributed by atoms with van der Waals surface area (Å²) in [6, 6.07) is 11.9. The molecule has 0 saturated heterocycles. The van der Waals surface area contributed by atoms with Gasteiger partial charge in [-0.05, 0) is 49.8 Å². The third kappa shape index (κ3) is 3.64. The minimum absolute atomic E-state index is 0.0315. The van der Waals surface area contributed by atoms with Crippen LogP contribution in [0.5, 0.6) is 11.6 Å². The molecular formula is C27H24FN5O3. The van der Waals surface area contributed by atoms with Gasteiger partial charge in [0.25, 0.3) is 0 Å². The van der Waals surface area contributed by atoms with Crippen LogP contribution in [0, 0.1) is 5.82 Å². The number of ether oxygens (including phenoxy) is 2. The van der Waals surface area contributed by atoms with Crippen molar-refractivity contribution in [2.45, 2.75) is 25.4 Å². The maximum atomic E-state index is 14.5. The highest BCUT2D eigenvalue weighted by atomic mass is 19.1. The van der Waals surface area contributed by atoms with Crippen molar-refractivity contribution in [3.8, 4) is 22.8 Å². The van der Waals surface area contributed by atoms with E-state index in [1.807, 2.05) is 31.2 Å². The number of fused-ring (bicyclic) bond motifs is 3. The van der Waals surface area contributed by atoms with E-state index in [2.05, 4.69) is 21.7 Å². The highest BCUT2D eigenvalue weighted by Gasteiger charge is 2.31. The van der Waals surface area contributed by atoms with Crippen LogP contribution >= 0.6 is 0 Å². The number of anilines is 2. The molecule has 2 N–H and O–H groups in total. The van der Waals surface area contributed by atoms with Crippen LogP contribution in [0.4, 0.5) is 20.7 Å². The second kappa shape index (κ2) is 8.67. The number of nitrogens with zero attached hydrogens (tertiary/aromatic N) is 3. The molecule has 2 aliphatic heterocycles. The molecule has 36 heavy (non-hydrogen) atoms. The first-order valence-corrected chi connectivity index (χ1v) is 11.8. The Morgan fingerprint density at radius 1 is 1.22 bits per heavy atom. The molecule has 0 saturated carbocycles. The van der Waals surface area contributed by atoms with Gasteiger partial charge in [-0.25, -0.2) is 14.2 Å². The first-order chi connectivity index (χ1) is 17.5. The number of carbonyl (C=O) groups is 1. The van der Waals surface area contributed by atoms with Crippen molar-refractivity contribution in [2.24, 2.45) is 0 Å². The van der Waals surface area contributed by atoms with Gasteiger partial charge in [-0.2, -0.15) is 0 Å². The second-order valence-corrected chi connectivity index (χ2v) is 8.86. The summed E-state index contributed by atoms with van der Waals surface area (Å²) < 4.78 is 27.5. The van der Waals surface area contributed by atoms with Crippen molar-refractivity contribution < 1.29 is 18.7 Å². The lowest BCUT2D eigenvalue weighted by molar-refractivity contribution is 0.237. The number of hydrogen-bond acceptors (Lipinski definition) is 6. The Balaban J connectivity index is 1.64. The number of allylic oxidation sites excluding steroid dienone is 1. The van der Waals surface area contributed by atoms with Gasteiger partial charge in [-0.3, -0.25) is 9.55 Å². The van der Waals surface area contributed by atoms with Crippen molar-refractivity contribution in [1.82, 2.24) is 19.9 Å². The summed E-state index contributed by atoms with van der Waals surface area (Å²) >= 11 is 0. The zero-order valence-corrected chi connectivity index (χ0v) is 19.8. The van der Waals surface area contributed by atoms with Crippen molar-refractivity contribution in [3.05, 3.63) is 72.3 Å². The van der Waals surface area contributed by atoms with Crippen molar-refractivity contribution >= 4 is 28.6 Å². The van der Waals surface area contributed by atoms with Crippen LogP contribution in [0.15, 0.2) is 60.8 Å². The summed E-state index contributed by atoms with van der Waals surface area (Å²) in [5, 5.41) is 6.28. The predicted molar refractivity (Wildman–Crippen MR) is 135 cm³/mol. The Labute approximate surface area is 206 Å². The van der Waals surface area contributed by atoms with E-state index in [1.165, 1.54) is 13.2 Å². The van der Waals surface area contributed by atoms with E-state index < -0.39 is 5.82 Å². The number of benzene rings is 1. The van der Waals surface area contributed by atoms with Gasteiger partial charge in [0.2, 0.25) is 5.88 Å². The number of pyridine rings is 2. The zero-order chi connectivity index (χ0) is 24.8. The summed E-state index contributed by atoms with van der Waals surface area (Å²) in [4.78, 5) is 22.4. The summed E-state index contributed by atoms with van der Waals surface area (Å²) in [5.41, 5.74) is 4.10. The molecule has 4 bridgehead atoms. The van der Waals surface area contributed by atoms with Gasteiger partial charge in [0.1, 0.15) is 17.4 Å². The topological polar surface area (TPSA) is 90.3 Å². The number of halogens is 1. The first kappa shape index (κ1) is 22.1. The van der Waals surface area contributed by atoms with E-state index in [-0.39, 0.29) is 23.8 Å². The van der Waals surface area contributed by atoms with Crippen LogP contribution in [0.25, 0.3) is 22.2 Å². The van der Waals surface area contributed by atoms with Gasteiger partial charge in [-0.15, -0.1) is 0 Å². The normalized spacial score (nSPS) is 19.5. The molecule has 0 radical (unpaired) electrons. The molecule has 5 heterocycles. The van der Waals surface area contributed by atoms with Gasteiger partial charge in [0, 0.05) is 41.5 Å². The van der Waals surface area contributed by atoms with Gasteiger partial charge >= 0.3 is 6.03 Å². The molecule has 1 aromatic carbocycles. The fourth-order valence-corrected chi connectivity index (χ4v) is 4.87. The maximum absolute atomic E-state index is 14.5. The van der Waals surface area contributed by atoms with E-state index >= 15 is 0 Å². The fraction of sp³-hybridized carbons (Fsp3) is 0.222. The lowest BCUT2D eigenvalue weighted by atomic mass is 9.98. The van der Waals surface area contributed by atoms with E-state index in [0.29, 0.717) is 41.4 Å². The van der Waals surface area contributed by atoms with Crippen LogP contribution in [0.1, 0.15) is 25.0 Å². The summed E-state index contributed by atoms with van der Waals surface area (Å²) in [6.45, 7) is 2.46. The Kier molecular flexibility index (Phi) is 5.32. The standard InChI is InChI=1S/C27H24FN5O3/c1-15-5-3-6-16-14-30-27(34)33-22(16)13-18(26(33)31-21-8-4-7-19(28)25(21)35-2)17-11-12-29-20-9-10-23(36-15)32-24(17)20/h3-5,7-13,15-16,31H,6,14H2,1-2H3,(H,30,34)/b5-3-. The minimum Gasteiger partial charge on any atom is -0.492 e. The van der Waals surface area contributed by atoms with Crippen molar-refractivity contribution in [1.29, 1.82) is 0 Å². The molecule has 8 nitrogen and oxygen atoms in total. The van der Waals surface area contributed by atoms with Gasteiger partial charge in [0.15, 0.2) is 11.6 Å². The monoisotopic (exact) mass is 485 g/mol. The number of para-hydroxylation sites is 1. The van der Waals surface area contributed by atoms with Crippen molar-refractivity contribution in [3.63, 3.8) is 0 Å². The van der Waals surface area contributed by atoms with E-state index in [1.54, 1.807) is 29.0 Å². The lowest BCUT2D eigenvalue weighted by Gasteiger charge is -2.26. The molecule has 3 aromatic heterocycles. The average molecular weight is 486 g/mol. The molecular weight excluding hydrogens is 461 g/mol. The van der Waals surface area contributed by atoms with Gasteiger partial charge in [0.05, 0.1) is 18.3 Å². The summed E-state index contributed by atoms with van der Waals surface area (Å²) in [5.74, 6) is 0.563. The number of amides is 1. The van der Waals surface area contributed by atoms with Gasteiger partial charge < -0.3 is 20.1 Å². The number of methoxy groups -OCH3 is 1. The average Bonchev–Trinajstić information content (AvgIpc) is 3.25. The summed E-state index contributed by atoms with van der Waals surface area (Å²) in [6.07, 6.45) is 6.31. The molecule has 0 aliphatic carbocycles. The Bertz CT molecular complexity index is 1530. The van der Waals surface area contributed by atoms with Crippen molar-refractivity contribution in [2.75, 3.05) is 19.0 Å². The van der Waals surface area contributed by atoms with E-state index in [0.717, 1.165) is 16.8 Å². The van der Waals surface area contributed by atoms with Gasteiger partial charge in [-0.1, -0.05) is 12.1 Å². The second-order valence-electron chi connectivity index (χ2n) is 8.86. The third-order valence-corrected chi connectivity index (χ3v) is 6.56. The van der Waals surface area contributed by atoms with E-state index in [9.17, 15) is 9.18 Å². The largest absolute Gasteiger partial charge is 0.492 e. The molecule has 4 aromatic rings. The molecule has 0 spiro atoms. The molecule has 2 unspecified atom stereocenters. The zero-order valence-electron chi connectivity index (χ0n) is 19.8. The smallest absolute Gasteiger partial charge is 0.327 e. The first-order valence-electron chi connectivity index (χ1n) is 11.8. The molecule has 6 rings (SSSR count). The van der Waals surface area contributed by atoms with Crippen LogP contribution in [0.3, 0.4) is 0 Å². The molecule has 1 amide bonds. The van der Waals surface area contributed by atoms with Crippen LogP contribution in [-0.2, 0) is 0 Å². The SMILES string of the molecule is COc1c(F)cccc1Nc1c2cc3n1C(=O)NCC3C/C=C\C(C)Oc1ccc3nccc-2c3n1. The molecule has 2 aliphatic rings. The van der Waals surface area contributed by atoms with Crippen LogP contribution in [0.2, 0.25) is 0 Å². The Morgan fingerprint density at radius 2 is 2.11 bits per heavy atom. The highest BCUT2D eigenvalue weighted by molar-refractivity contribution is 5.99. The van der Waals surface area contributed by atoms with Crippen LogP contribution < -0.4 is 20.1 Å². The van der Waals surface area contributed by atoms with E-state index in [4.69, 9.17) is 14.5 Å². The minimum atomic E-state index is -0.504. The lowest BCUT2D eigenvalue weighted by Crippen LogP contribution is -2.39. The third-order valence-electron chi connectivity index (χ3n) is 6.56. The van der Waals surface area contributed by atoms with Crippen LogP contribution in [-0.4, -0.2) is 40.3 Å². The Morgan fingerprint density at radius 3 is 2.97 bits per heavy atom. The Hall–Kier alpha value is -4.40. The number of hydrogen-bond donors (Lipinski definition) is 2. The number of carbonyl (C=O) groups excluding carboxylic acids is 1. The maximum Gasteiger partial charge on any atom is 0.327 e. The molecule has 9 heteroatoms. The number of aromatic nitrogens is 3.